The first-order valence-corrected chi connectivity index (χ1v) is 6.42. The molecule has 0 fully saturated rings. The third kappa shape index (κ3) is 3.16. The summed E-state index contributed by atoms with van der Waals surface area (Å²) in [5.74, 6) is -2.24. The van der Waals surface area contributed by atoms with Crippen molar-refractivity contribution in [2.24, 2.45) is 5.73 Å². The van der Waals surface area contributed by atoms with E-state index >= 15 is 0 Å². The van der Waals surface area contributed by atoms with Crippen LogP contribution in [-0.4, -0.2) is 23.6 Å². The number of hydrogen-bond donors (Lipinski definition) is 1. The molecular weight excluding hydrogens is 333 g/mol. The van der Waals surface area contributed by atoms with Crippen LogP contribution in [-0.2, 0) is 17.5 Å². The van der Waals surface area contributed by atoms with E-state index in [-0.39, 0.29) is 15.9 Å². The van der Waals surface area contributed by atoms with E-state index in [0.717, 1.165) is 13.4 Å². The van der Waals surface area contributed by atoms with E-state index in [0.29, 0.717) is 12.1 Å². The first-order chi connectivity index (χ1) is 11.2. The Balaban J connectivity index is 2.63. The highest BCUT2D eigenvalue weighted by atomic mass is 19.4. The van der Waals surface area contributed by atoms with Crippen LogP contribution in [0.4, 0.5) is 13.2 Å². The number of primary amides is 1. The van der Waals surface area contributed by atoms with Crippen molar-refractivity contribution in [3.05, 3.63) is 57.4 Å². The smallest absolute Gasteiger partial charge is 0.431 e. The SMILES string of the molecule is COC(=O)c1ccoc1Cn1c(C(F)(F)F)ccc(C(N)=O)c1=O. The predicted molar refractivity (Wildman–Crippen MR) is 73.4 cm³/mol. The monoisotopic (exact) mass is 344 g/mol. The van der Waals surface area contributed by atoms with Crippen LogP contribution >= 0.6 is 0 Å². The Bertz CT molecular complexity index is 851. The third-order valence-corrected chi connectivity index (χ3v) is 3.18. The number of aromatic nitrogens is 1. The van der Waals surface area contributed by atoms with Crippen LogP contribution in [0.25, 0.3) is 0 Å². The minimum absolute atomic E-state index is 0.137. The summed E-state index contributed by atoms with van der Waals surface area (Å²) in [7, 11) is 1.08. The largest absolute Gasteiger partial charge is 0.467 e. The van der Waals surface area contributed by atoms with Gasteiger partial charge in [0.05, 0.1) is 19.9 Å². The van der Waals surface area contributed by atoms with Crippen LogP contribution in [0.15, 0.2) is 33.7 Å². The van der Waals surface area contributed by atoms with E-state index in [1.165, 1.54) is 6.07 Å². The van der Waals surface area contributed by atoms with Crippen LogP contribution in [0, 0.1) is 0 Å². The van der Waals surface area contributed by atoms with Crippen molar-refractivity contribution in [1.82, 2.24) is 4.57 Å². The molecular formula is C14H11F3N2O5. The van der Waals surface area contributed by atoms with Crippen molar-refractivity contribution in [1.29, 1.82) is 0 Å². The van der Waals surface area contributed by atoms with Gasteiger partial charge in [-0.05, 0) is 18.2 Å². The molecule has 0 atom stereocenters. The van der Waals surface area contributed by atoms with Gasteiger partial charge in [0.1, 0.15) is 22.6 Å². The molecule has 2 rings (SSSR count). The highest BCUT2D eigenvalue weighted by molar-refractivity contribution is 5.92. The fourth-order valence-corrected chi connectivity index (χ4v) is 2.07. The Labute approximate surface area is 132 Å². The number of nitrogens with zero attached hydrogens (tertiary/aromatic N) is 1. The fourth-order valence-electron chi connectivity index (χ4n) is 2.07. The quantitative estimate of drug-likeness (QED) is 0.844. The molecule has 0 aliphatic carbocycles. The number of halogens is 3. The van der Waals surface area contributed by atoms with Crippen LogP contribution in [0.2, 0.25) is 0 Å². The van der Waals surface area contributed by atoms with E-state index < -0.39 is 41.4 Å². The molecule has 0 aliphatic heterocycles. The first-order valence-electron chi connectivity index (χ1n) is 6.42. The number of carbonyl (C=O) groups is 2. The number of alkyl halides is 3. The van der Waals surface area contributed by atoms with Crippen LogP contribution in [0.5, 0.6) is 0 Å². The standard InChI is InChI=1S/C14H11F3N2O5/c1-23-13(22)7-4-5-24-9(7)6-19-10(14(15,16)17)3-2-8(11(18)20)12(19)21/h2-5H,6H2,1H3,(H2,18,20). The molecule has 2 N–H and O–H groups in total. The fraction of sp³-hybridized carbons (Fsp3) is 0.214. The summed E-state index contributed by atoms with van der Waals surface area (Å²) in [5.41, 5.74) is 1.67. The van der Waals surface area contributed by atoms with Crippen LogP contribution in [0.3, 0.4) is 0 Å². The lowest BCUT2D eigenvalue weighted by molar-refractivity contribution is -0.144. The van der Waals surface area contributed by atoms with Gasteiger partial charge in [0.25, 0.3) is 11.5 Å². The molecule has 0 saturated heterocycles. The van der Waals surface area contributed by atoms with Gasteiger partial charge in [-0.2, -0.15) is 13.2 Å². The van der Waals surface area contributed by atoms with Gasteiger partial charge in [0.15, 0.2) is 0 Å². The van der Waals surface area contributed by atoms with Crippen molar-refractivity contribution in [2.45, 2.75) is 12.7 Å². The zero-order chi connectivity index (χ0) is 18.1. The summed E-state index contributed by atoms with van der Waals surface area (Å²) in [6, 6.07) is 2.45. The number of furan rings is 1. The Morgan fingerprint density at radius 1 is 1.25 bits per heavy atom. The van der Waals surface area contributed by atoms with Gasteiger partial charge in [0.2, 0.25) is 0 Å². The molecule has 7 nitrogen and oxygen atoms in total. The van der Waals surface area contributed by atoms with Gasteiger partial charge >= 0.3 is 12.1 Å². The Morgan fingerprint density at radius 3 is 2.46 bits per heavy atom. The van der Waals surface area contributed by atoms with E-state index in [1.54, 1.807) is 0 Å². The molecule has 0 saturated carbocycles. The van der Waals surface area contributed by atoms with E-state index in [4.69, 9.17) is 10.2 Å². The number of methoxy groups -OCH3 is 1. The summed E-state index contributed by atoms with van der Waals surface area (Å²) in [6.07, 6.45) is -3.80. The first kappa shape index (κ1) is 17.3. The van der Waals surface area contributed by atoms with Gasteiger partial charge in [-0.25, -0.2) is 4.79 Å². The number of amides is 1. The number of esters is 1. The number of ether oxygens (including phenoxy) is 1. The molecule has 0 bridgehead atoms. The average molecular weight is 344 g/mol. The van der Waals surface area contributed by atoms with Gasteiger partial charge < -0.3 is 14.9 Å². The van der Waals surface area contributed by atoms with Gasteiger partial charge in [-0.15, -0.1) is 0 Å². The lowest BCUT2D eigenvalue weighted by atomic mass is 10.2. The molecule has 2 heterocycles. The lowest BCUT2D eigenvalue weighted by Gasteiger charge is -2.15. The summed E-state index contributed by atoms with van der Waals surface area (Å²) in [4.78, 5) is 34.9. The number of pyridine rings is 1. The Morgan fingerprint density at radius 2 is 1.92 bits per heavy atom. The van der Waals surface area contributed by atoms with Crippen molar-refractivity contribution >= 4 is 11.9 Å². The lowest BCUT2D eigenvalue weighted by Crippen LogP contribution is -2.34. The third-order valence-electron chi connectivity index (χ3n) is 3.18. The Hall–Kier alpha value is -3.04. The summed E-state index contributed by atoms with van der Waals surface area (Å²) < 4.78 is 49.1. The van der Waals surface area contributed by atoms with Gasteiger partial charge in [-0.3, -0.25) is 14.2 Å². The maximum absolute atomic E-state index is 13.1. The molecule has 2 aromatic heterocycles. The highest BCUT2D eigenvalue weighted by Crippen LogP contribution is 2.29. The molecule has 0 aromatic carbocycles. The number of nitrogens with two attached hydrogens (primary N) is 1. The second-order valence-electron chi connectivity index (χ2n) is 4.63. The second kappa shape index (κ2) is 6.22. The Kier molecular flexibility index (Phi) is 4.49. The van der Waals surface area contributed by atoms with Crippen LogP contribution < -0.4 is 11.3 Å². The van der Waals surface area contributed by atoms with Crippen molar-refractivity contribution < 1.29 is 31.9 Å². The summed E-state index contributed by atoms with van der Waals surface area (Å²) in [6.45, 7) is -0.730. The maximum atomic E-state index is 13.1. The summed E-state index contributed by atoms with van der Waals surface area (Å²) in [5, 5.41) is 0. The van der Waals surface area contributed by atoms with Crippen molar-refractivity contribution in [2.75, 3.05) is 7.11 Å². The molecule has 0 spiro atoms. The topological polar surface area (TPSA) is 105 Å². The van der Waals surface area contributed by atoms with Crippen molar-refractivity contribution in [3.8, 4) is 0 Å². The molecule has 24 heavy (non-hydrogen) atoms. The molecule has 10 heteroatoms. The average Bonchev–Trinajstić information content (AvgIpc) is 2.95. The maximum Gasteiger partial charge on any atom is 0.431 e. The number of carbonyl (C=O) groups excluding carboxylic acids is 2. The molecule has 0 radical (unpaired) electrons. The van der Waals surface area contributed by atoms with E-state index in [2.05, 4.69) is 4.74 Å². The van der Waals surface area contributed by atoms with Gasteiger partial charge in [0, 0.05) is 0 Å². The minimum Gasteiger partial charge on any atom is -0.467 e. The second-order valence-corrected chi connectivity index (χ2v) is 4.63. The molecule has 0 aliphatic rings. The molecule has 2 aromatic rings. The van der Waals surface area contributed by atoms with E-state index in [9.17, 15) is 27.6 Å². The zero-order valence-electron chi connectivity index (χ0n) is 12.2. The predicted octanol–water partition coefficient (Wildman–Crippen LogP) is 1.39. The number of hydrogen-bond acceptors (Lipinski definition) is 5. The van der Waals surface area contributed by atoms with Crippen LogP contribution in [0.1, 0.15) is 32.2 Å². The van der Waals surface area contributed by atoms with Gasteiger partial charge in [-0.1, -0.05) is 0 Å². The number of rotatable bonds is 4. The minimum atomic E-state index is -4.87. The normalized spacial score (nSPS) is 11.3. The van der Waals surface area contributed by atoms with Crippen molar-refractivity contribution in [3.63, 3.8) is 0 Å². The highest BCUT2D eigenvalue weighted by Gasteiger charge is 2.35. The molecule has 1 amide bonds. The zero-order valence-corrected chi connectivity index (χ0v) is 12.2. The molecule has 0 unspecified atom stereocenters. The summed E-state index contributed by atoms with van der Waals surface area (Å²) >= 11 is 0. The van der Waals surface area contributed by atoms with E-state index in [1.807, 2.05) is 0 Å². The molecule has 128 valence electrons.